The van der Waals surface area contributed by atoms with E-state index in [1.807, 2.05) is 37.3 Å². The van der Waals surface area contributed by atoms with Gasteiger partial charge in [-0.3, -0.25) is 19.4 Å². The number of benzene rings is 1. The van der Waals surface area contributed by atoms with E-state index in [-0.39, 0.29) is 17.6 Å². The molecule has 0 N–H and O–H groups in total. The first kappa shape index (κ1) is 19.3. The highest BCUT2D eigenvalue weighted by Crippen LogP contribution is 2.63. The standard InChI is InChI=1S/C26H22N4O2/c1-15-19-10-9-18-20(16-7-5-4-6-8-16)29-23(17-11-13-28-14-12-17)30-21(18)25(19,2)24-26(27-3,32-24)22(15)31/h4-8,11-15,19,24H,9-10H2,1-2H3/t15-,19-,24+,25-,26-/m1/s1. The lowest BCUT2D eigenvalue weighted by atomic mass is 9.55. The SMILES string of the molecule is [C-]#[N+][C@]12O[C@H]1[C@@]1(C)c3nc(-c4ccncc4)nc(-c4ccccc4)c3CC[C@@H]1[C@@H](C)C2=O. The van der Waals surface area contributed by atoms with Crippen LogP contribution < -0.4 is 0 Å². The van der Waals surface area contributed by atoms with Crippen molar-refractivity contribution in [2.75, 3.05) is 0 Å². The van der Waals surface area contributed by atoms with E-state index in [2.05, 4.69) is 28.9 Å². The van der Waals surface area contributed by atoms with Gasteiger partial charge in [0.05, 0.1) is 16.8 Å². The van der Waals surface area contributed by atoms with Crippen molar-refractivity contribution in [3.05, 3.63) is 77.5 Å². The number of ether oxygens (including phenoxy) is 1. The first-order chi connectivity index (χ1) is 15.5. The average Bonchev–Trinajstić information content (AvgIpc) is 3.61. The van der Waals surface area contributed by atoms with Crippen molar-refractivity contribution in [2.24, 2.45) is 11.8 Å². The molecule has 6 nitrogen and oxygen atoms in total. The minimum atomic E-state index is -1.35. The number of hydrogen-bond donors (Lipinski definition) is 0. The van der Waals surface area contributed by atoms with E-state index in [0.29, 0.717) is 5.82 Å². The van der Waals surface area contributed by atoms with Gasteiger partial charge in [-0.15, -0.1) is 0 Å². The highest BCUT2D eigenvalue weighted by Gasteiger charge is 2.83. The number of carbonyl (C=O) groups is 1. The molecule has 0 unspecified atom stereocenters. The van der Waals surface area contributed by atoms with E-state index >= 15 is 0 Å². The summed E-state index contributed by atoms with van der Waals surface area (Å²) in [5, 5.41) is 0. The fourth-order valence-electron chi connectivity index (χ4n) is 6.01. The second-order valence-electron chi connectivity index (χ2n) is 9.21. The van der Waals surface area contributed by atoms with Crippen molar-refractivity contribution in [1.29, 1.82) is 0 Å². The molecule has 2 aromatic heterocycles. The summed E-state index contributed by atoms with van der Waals surface area (Å²) < 4.78 is 5.94. The normalized spacial score (nSPS) is 32.3. The fourth-order valence-corrected chi connectivity index (χ4v) is 6.01. The number of aromatic nitrogens is 3. The quantitative estimate of drug-likeness (QED) is 0.456. The van der Waals surface area contributed by atoms with Crippen molar-refractivity contribution >= 4 is 5.78 Å². The zero-order valence-electron chi connectivity index (χ0n) is 17.9. The molecule has 1 saturated carbocycles. The lowest BCUT2D eigenvalue weighted by Gasteiger charge is -2.45. The van der Waals surface area contributed by atoms with Gasteiger partial charge in [-0.2, -0.15) is 0 Å². The van der Waals surface area contributed by atoms with Gasteiger partial charge in [0.1, 0.15) is 0 Å². The molecule has 6 heteroatoms. The Morgan fingerprint density at radius 2 is 1.84 bits per heavy atom. The second-order valence-corrected chi connectivity index (χ2v) is 9.21. The molecule has 2 aliphatic carbocycles. The Hall–Kier alpha value is -3.43. The number of Topliss-reactive ketones (excluding diaryl/α,β-unsaturated/α-hetero) is 1. The summed E-state index contributed by atoms with van der Waals surface area (Å²) in [4.78, 5) is 30.9. The molecule has 1 aromatic carbocycles. The molecule has 3 aromatic rings. The highest BCUT2D eigenvalue weighted by molar-refractivity contribution is 5.96. The molecule has 0 amide bonds. The molecule has 2 fully saturated rings. The monoisotopic (exact) mass is 422 g/mol. The number of ketones is 1. The van der Waals surface area contributed by atoms with Crippen LogP contribution in [0.4, 0.5) is 0 Å². The Morgan fingerprint density at radius 1 is 1.09 bits per heavy atom. The van der Waals surface area contributed by atoms with Crippen LogP contribution in [0.3, 0.4) is 0 Å². The Kier molecular flexibility index (Phi) is 3.94. The highest BCUT2D eigenvalue weighted by atomic mass is 16.6. The second kappa shape index (κ2) is 6.54. The van der Waals surface area contributed by atoms with Gasteiger partial charge in [-0.25, -0.2) is 16.5 Å². The predicted octanol–water partition coefficient (Wildman–Crippen LogP) is 4.26. The van der Waals surface area contributed by atoms with Crippen molar-refractivity contribution in [3.63, 3.8) is 0 Å². The van der Waals surface area contributed by atoms with E-state index in [9.17, 15) is 4.79 Å². The molecule has 0 radical (unpaired) electrons. The molecule has 6 rings (SSSR count). The van der Waals surface area contributed by atoms with Crippen LogP contribution in [0.5, 0.6) is 0 Å². The van der Waals surface area contributed by atoms with Crippen LogP contribution in [-0.2, 0) is 21.4 Å². The predicted molar refractivity (Wildman–Crippen MR) is 118 cm³/mol. The maximum Gasteiger partial charge on any atom is 0.424 e. The van der Waals surface area contributed by atoms with Gasteiger partial charge in [-0.1, -0.05) is 44.2 Å². The molecule has 5 atom stereocenters. The number of rotatable bonds is 2. The van der Waals surface area contributed by atoms with Gasteiger partial charge in [0.15, 0.2) is 11.9 Å². The number of pyridine rings is 1. The van der Waals surface area contributed by atoms with Crippen LogP contribution in [0.15, 0.2) is 54.9 Å². The number of fused-ring (bicyclic) bond motifs is 5. The van der Waals surface area contributed by atoms with E-state index in [1.165, 1.54) is 0 Å². The summed E-state index contributed by atoms with van der Waals surface area (Å²) in [5.74, 6) is 0.384. The van der Waals surface area contributed by atoms with Gasteiger partial charge in [-0.05, 0) is 30.9 Å². The molecule has 0 spiro atoms. The molecule has 3 heterocycles. The van der Waals surface area contributed by atoms with Crippen molar-refractivity contribution < 1.29 is 9.53 Å². The number of carbonyl (C=O) groups excluding carboxylic acids is 1. The lowest BCUT2D eigenvalue weighted by Crippen LogP contribution is -2.55. The molecule has 32 heavy (non-hydrogen) atoms. The van der Waals surface area contributed by atoms with Gasteiger partial charge >= 0.3 is 5.72 Å². The van der Waals surface area contributed by atoms with Gasteiger partial charge in [0.2, 0.25) is 0 Å². The van der Waals surface area contributed by atoms with Crippen LogP contribution >= 0.6 is 0 Å². The van der Waals surface area contributed by atoms with Gasteiger partial charge in [0.25, 0.3) is 5.78 Å². The Morgan fingerprint density at radius 3 is 2.56 bits per heavy atom. The van der Waals surface area contributed by atoms with E-state index in [4.69, 9.17) is 21.3 Å². The van der Waals surface area contributed by atoms with Crippen LogP contribution in [-0.4, -0.2) is 32.6 Å². The van der Waals surface area contributed by atoms with E-state index in [0.717, 1.165) is 40.9 Å². The molecule has 1 aliphatic heterocycles. The molecular weight excluding hydrogens is 400 g/mol. The average molecular weight is 422 g/mol. The van der Waals surface area contributed by atoms with Crippen molar-refractivity contribution in [1.82, 2.24) is 15.0 Å². The number of hydrogen-bond acceptors (Lipinski definition) is 5. The largest absolute Gasteiger partial charge is 0.424 e. The van der Waals surface area contributed by atoms with Crippen molar-refractivity contribution in [3.8, 4) is 22.6 Å². The zero-order valence-corrected chi connectivity index (χ0v) is 17.9. The summed E-state index contributed by atoms with van der Waals surface area (Å²) >= 11 is 0. The molecule has 158 valence electrons. The summed E-state index contributed by atoms with van der Waals surface area (Å²) in [6.45, 7) is 11.8. The maximum absolute atomic E-state index is 13.0. The van der Waals surface area contributed by atoms with Crippen LogP contribution in [0.2, 0.25) is 0 Å². The van der Waals surface area contributed by atoms with Crippen LogP contribution in [0.25, 0.3) is 27.5 Å². The summed E-state index contributed by atoms with van der Waals surface area (Å²) in [6.07, 6.45) is 4.65. The zero-order chi connectivity index (χ0) is 22.1. The minimum Gasteiger partial charge on any atom is -0.287 e. The molecular formula is C26H22N4O2. The summed E-state index contributed by atoms with van der Waals surface area (Å²) in [6, 6.07) is 14.0. The van der Waals surface area contributed by atoms with E-state index in [1.54, 1.807) is 12.4 Å². The minimum absolute atomic E-state index is 0.0740. The molecule has 0 bridgehead atoms. The van der Waals surface area contributed by atoms with Crippen LogP contribution in [0, 0.1) is 18.4 Å². The Bertz CT molecular complexity index is 1290. The van der Waals surface area contributed by atoms with Gasteiger partial charge in [0, 0.05) is 35.0 Å². The third-order valence-electron chi connectivity index (χ3n) is 7.66. The third kappa shape index (κ3) is 2.37. The maximum atomic E-state index is 13.0. The first-order valence-corrected chi connectivity index (χ1v) is 11.0. The van der Waals surface area contributed by atoms with Crippen LogP contribution in [0.1, 0.15) is 31.5 Å². The smallest absolute Gasteiger partial charge is 0.287 e. The molecule has 1 saturated heterocycles. The van der Waals surface area contributed by atoms with Crippen molar-refractivity contribution in [2.45, 2.75) is 43.9 Å². The molecule has 3 aliphatic rings. The van der Waals surface area contributed by atoms with E-state index < -0.39 is 17.2 Å². The lowest BCUT2D eigenvalue weighted by molar-refractivity contribution is -0.130. The number of nitrogens with zero attached hydrogens (tertiary/aromatic N) is 4. The first-order valence-electron chi connectivity index (χ1n) is 11.0. The fraction of sp³-hybridized carbons (Fsp3) is 0.346. The summed E-state index contributed by atoms with van der Waals surface area (Å²) in [7, 11) is 0. The Balaban J connectivity index is 1.62. The number of epoxide rings is 1. The third-order valence-corrected chi connectivity index (χ3v) is 7.66. The topological polar surface area (TPSA) is 72.6 Å². The van der Waals surface area contributed by atoms with Gasteiger partial charge < -0.3 is 0 Å². The summed E-state index contributed by atoms with van der Waals surface area (Å²) in [5.41, 5.74) is 2.98. The Labute approximate surface area is 186 Å².